The smallest absolute Gasteiger partial charge is 0.264 e. The van der Waals surface area contributed by atoms with Crippen LogP contribution in [0.1, 0.15) is 5.56 Å². The molecule has 3 aromatic rings. The first kappa shape index (κ1) is 22.1. The maximum Gasteiger partial charge on any atom is 0.264 e. The molecule has 6 nitrogen and oxygen atoms in total. The standard InChI is InChI=1S/C23H20ClFN2O4S/c24-17-7-11-19(12-8-17)32(29,30)27-15-22(31-21-4-2-1-3-20(21)27)23(28)26-14-13-16-5-9-18(25)10-6-16/h1-12,22H,13-15H2,(H,26,28). The molecule has 1 N–H and O–H groups in total. The van der Waals surface area contributed by atoms with Crippen molar-refractivity contribution in [3.63, 3.8) is 0 Å². The molecule has 0 saturated heterocycles. The number of sulfonamides is 1. The molecule has 0 aliphatic carbocycles. The van der Waals surface area contributed by atoms with E-state index >= 15 is 0 Å². The Bertz CT molecular complexity index is 1220. The Morgan fingerprint density at radius 2 is 1.75 bits per heavy atom. The molecule has 0 bridgehead atoms. The van der Waals surface area contributed by atoms with E-state index in [1.165, 1.54) is 40.7 Å². The Balaban J connectivity index is 1.52. The average Bonchev–Trinajstić information content (AvgIpc) is 2.79. The van der Waals surface area contributed by atoms with Crippen LogP contribution in [0.15, 0.2) is 77.7 Å². The van der Waals surface area contributed by atoms with Crippen LogP contribution in [0.5, 0.6) is 5.75 Å². The summed E-state index contributed by atoms with van der Waals surface area (Å²) >= 11 is 5.89. The third-order valence-corrected chi connectivity index (χ3v) is 7.10. The van der Waals surface area contributed by atoms with Crippen LogP contribution in [-0.4, -0.2) is 33.5 Å². The highest BCUT2D eigenvalue weighted by Crippen LogP contribution is 2.36. The van der Waals surface area contributed by atoms with Crippen LogP contribution < -0.4 is 14.4 Å². The second-order valence-electron chi connectivity index (χ2n) is 7.23. The fourth-order valence-corrected chi connectivity index (χ4v) is 5.00. The predicted molar refractivity (Wildman–Crippen MR) is 120 cm³/mol. The molecule has 0 radical (unpaired) electrons. The summed E-state index contributed by atoms with van der Waals surface area (Å²) in [7, 11) is -3.95. The van der Waals surface area contributed by atoms with Crippen molar-refractivity contribution in [3.05, 3.63) is 89.2 Å². The predicted octanol–water partition coefficient (Wildman–Crippen LogP) is 3.79. The first-order valence-corrected chi connectivity index (χ1v) is 11.7. The van der Waals surface area contributed by atoms with Gasteiger partial charge in [-0.3, -0.25) is 9.10 Å². The van der Waals surface area contributed by atoms with Gasteiger partial charge in [-0.05, 0) is 60.5 Å². The number of hydrogen-bond acceptors (Lipinski definition) is 4. The summed E-state index contributed by atoms with van der Waals surface area (Å²) in [6.07, 6.45) is -0.526. The van der Waals surface area contributed by atoms with Gasteiger partial charge in [0.15, 0.2) is 6.10 Å². The Labute approximate surface area is 190 Å². The third kappa shape index (κ3) is 4.71. The van der Waals surface area contributed by atoms with E-state index in [9.17, 15) is 17.6 Å². The number of hydrogen-bond donors (Lipinski definition) is 1. The Morgan fingerprint density at radius 3 is 2.47 bits per heavy atom. The Morgan fingerprint density at radius 1 is 1.06 bits per heavy atom. The summed E-state index contributed by atoms with van der Waals surface area (Å²) < 4.78 is 46.7. The molecule has 1 amide bonds. The maximum atomic E-state index is 13.3. The topological polar surface area (TPSA) is 75.7 Å². The van der Waals surface area contributed by atoms with Crippen molar-refractivity contribution in [3.8, 4) is 5.75 Å². The van der Waals surface area contributed by atoms with Gasteiger partial charge in [0.05, 0.1) is 17.1 Å². The number of ether oxygens (including phenoxy) is 1. The first-order chi connectivity index (χ1) is 15.3. The molecule has 0 spiro atoms. The highest BCUT2D eigenvalue weighted by molar-refractivity contribution is 7.92. The Kier molecular flexibility index (Phi) is 6.34. The number of carbonyl (C=O) groups excluding carboxylic acids is 1. The largest absolute Gasteiger partial charge is 0.476 e. The van der Waals surface area contributed by atoms with Gasteiger partial charge in [0.25, 0.3) is 15.9 Å². The number of nitrogens with zero attached hydrogens (tertiary/aromatic N) is 1. The lowest BCUT2D eigenvalue weighted by atomic mass is 10.1. The molecule has 1 aliphatic rings. The number of rotatable bonds is 6. The van der Waals surface area contributed by atoms with Gasteiger partial charge in [0.2, 0.25) is 0 Å². The molecular formula is C23H20ClFN2O4S. The third-order valence-electron chi connectivity index (χ3n) is 5.06. The summed E-state index contributed by atoms with van der Waals surface area (Å²) in [5, 5.41) is 3.19. The molecule has 1 aliphatic heterocycles. The van der Waals surface area contributed by atoms with E-state index in [4.69, 9.17) is 16.3 Å². The molecule has 3 aromatic carbocycles. The van der Waals surface area contributed by atoms with Crippen molar-refractivity contribution < 1.29 is 22.3 Å². The average molecular weight is 475 g/mol. The summed E-state index contributed by atoms with van der Waals surface area (Å²) in [6, 6.07) is 18.5. The number of fused-ring (bicyclic) bond motifs is 1. The number of anilines is 1. The Hall–Kier alpha value is -3.10. The van der Waals surface area contributed by atoms with E-state index in [2.05, 4.69) is 5.32 Å². The quantitative estimate of drug-likeness (QED) is 0.589. The van der Waals surface area contributed by atoms with Crippen molar-refractivity contribution in [2.45, 2.75) is 17.4 Å². The summed E-state index contributed by atoms with van der Waals surface area (Å²) in [5.41, 5.74) is 1.23. The van der Waals surface area contributed by atoms with Crippen molar-refractivity contribution in [2.75, 3.05) is 17.4 Å². The van der Waals surface area contributed by atoms with Crippen molar-refractivity contribution in [2.24, 2.45) is 0 Å². The molecule has 4 rings (SSSR count). The van der Waals surface area contributed by atoms with E-state index in [0.29, 0.717) is 29.4 Å². The van der Waals surface area contributed by atoms with Gasteiger partial charge in [-0.1, -0.05) is 35.9 Å². The fraction of sp³-hybridized carbons (Fsp3) is 0.174. The zero-order valence-corrected chi connectivity index (χ0v) is 18.4. The van der Waals surface area contributed by atoms with Crippen molar-refractivity contribution in [1.82, 2.24) is 5.32 Å². The monoisotopic (exact) mass is 474 g/mol. The number of carbonyl (C=O) groups is 1. The van der Waals surface area contributed by atoms with Gasteiger partial charge < -0.3 is 10.1 Å². The van der Waals surface area contributed by atoms with E-state index < -0.39 is 22.0 Å². The second-order valence-corrected chi connectivity index (χ2v) is 9.53. The van der Waals surface area contributed by atoms with Crippen LogP contribution in [0.4, 0.5) is 10.1 Å². The van der Waals surface area contributed by atoms with Gasteiger partial charge in [-0.25, -0.2) is 12.8 Å². The van der Waals surface area contributed by atoms with E-state index in [1.807, 2.05) is 0 Å². The molecule has 32 heavy (non-hydrogen) atoms. The van der Waals surface area contributed by atoms with E-state index in [-0.39, 0.29) is 17.3 Å². The van der Waals surface area contributed by atoms with Crippen LogP contribution in [0, 0.1) is 5.82 Å². The summed E-state index contributed by atoms with van der Waals surface area (Å²) in [5.74, 6) is -0.457. The number of halogens is 2. The van der Waals surface area contributed by atoms with Crippen LogP contribution in [0.3, 0.4) is 0 Å². The molecule has 1 unspecified atom stereocenters. The highest BCUT2D eigenvalue weighted by Gasteiger charge is 2.37. The van der Waals surface area contributed by atoms with Crippen LogP contribution >= 0.6 is 11.6 Å². The van der Waals surface area contributed by atoms with Gasteiger partial charge in [-0.15, -0.1) is 0 Å². The fourth-order valence-electron chi connectivity index (χ4n) is 3.40. The zero-order chi connectivity index (χ0) is 22.7. The molecular weight excluding hydrogens is 455 g/mol. The highest BCUT2D eigenvalue weighted by atomic mass is 35.5. The van der Waals surface area contributed by atoms with E-state index in [1.54, 1.807) is 36.4 Å². The summed E-state index contributed by atoms with van der Waals surface area (Å²) in [6.45, 7) is 0.125. The lowest BCUT2D eigenvalue weighted by Gasteiger charge is -2.34. The molecule has 1 heterocycles. The van der Waals surface area contributed by atoms with Crippen molar-refractivity contribution in [1.29, 1.82) is 0 Å². The molecule has 1 atom stereocenters. The maximum absolute atomic E-state index is 13.3. The van der Waals surface area contributed by atoms with Gasteiger partial charge >= 0.3 is 0 Å². The molecule has 9 heteroatoms. The van der Waals surface area contributed by atoms with Crippen LogP contribution in [-0.2, 0) is 21.2 Å². The van der Waals surface area contributed by atoms with E-state index in [0.717, 1.165) is 5.56 Å². The minimum absolute atomic E-state index is 0.0640. The number of para-hydroxylation sites is 2. The van der Waals surface area contributed by atoms with Gasteiger partial charge in [-0.2, -0.15) is 0 Å². The second kappa shape index (κ2) is 9.18. The van der Waals surface area contributed by atoms with Crippen molar-refractivity contribution >= 4 is 33.2 Å². The molecule has 0 fully saturated rings. The number of nitrogens with one attached hydrogen (secondary N) is 1. The molecule has 0 aromatic heterocycles. The van der Waals surface area contributed by atoms with Gasteiger partial charge in [0.1, 0.15) is 11.6 Å². The number of amides is 1. The first-order valence-electron chi connectivity index (χ1n) is 9.91. The van der Waals surface area contributed by atoms with Crippen LogP contribution in [0.25, 0.3) is 0 Å². The zero-order valence-electron chi connectivity index (χ0n) is 16.9. The summed E-state index contributed by atoms with van der Waals surface area (Å²) in [4.78, 5) is 12.8. The van der Waals surface area contributed by atoms with Gasteiger partial charge in [0, 0.05) is 11.6 Å². The molecule has 0 saturated carbocycles. The SMILES string of the molecule is O=C(NCCc1ccc(F)cc1)C1CN(S(=O)(=O)c2ccc(Cl)cc2)c2ccccc2O1. The molecule has 166 valence electrons. The minimum atomic E-state index is -3.95. The lowest BCUT2D eigenvalue weighted by molar-refractivity contribution is -0.127. The van der Waals surface area contributed by atoms with Crippen LogP contribution in [0.2, 0.25) is 5.02 Å². The lowest BCUT2D eigenvalue weighted by Crippen LogP contribution is -2.51. The minimum Gasteiger partial charge on any atom is -0.476 e. The normalized spacial score (nSPS) is 15.6. The number of benzene rings is 3.